The predicted octanol–water partition coefficient (Wildman–Crippen LogP) is 2.01. The molecule has 0 fully saturated rings. The van der Waals surface area contributed by atoms with Gasteiger partial charge in [0, 0.05) is 5.69 Å². The minimum Gasteiger partial charge on any atom is -0.495 e. The summed E-state index contributed by atoms with van der Waals surface area (Å²) in [5.41, 5.74) is 8.76. The number of ether oxygens (including phenoxy) is 1. The van der Waals surface area contributed by atoms with E-state index in [1.807, 2.05) is 0 Å². The predicted molar refractivity (Wildman–Crippen MR) is 75.7 cm³/mol. The highest BCUT2D eigenvalue weighted by molar-refractivity contribution is 7.86. The zero-order valence-electron chi connectivity index (χ0n) is 10.7. The molecule has 0 amide bonds. The molecule has 0 saturated carbocycles. The Bertz CT molecular complexity index is 684. The van der Waals surface area contributed by atoms with Gasteiger partial charge in [-0.2, -0.15) is 8.42 Å². The van der Waals surface area contributed by atoms with E-state index in [0.29, 0.717) is 17.1 Å². The van der Waals surface area contributed by atoms with Gasteiger partial charge in [0.2, 0.25) is 0 Å². The second kappa shape index (κ2) is 5.81. The topological polar surface area (TPSA) is 90.6 Å². The van der Waals surface area contributed by atoms with Crippen LogP contribution < -0.4 is 16.0 Å². The van der Waals surface area contributed by atoms with Crippen molar-refractivity contribution in [3.05, 3.63) is 48.5 Å². The molecule has 2 rings (SSSR count). The molecule has 0 aromatic heterocycles. The third-order valence-electron chi connectivity index (χ3n) is 2.54. The number of benzene rings is 2. The number of nitrogens with two attached hydrogens (primary N) is 1. The second-order valence-corrected chi connectivity index (χ2v) is 5.46. The molecule has 106 valence electrons. The van der Waals surface area contributed by atoms with Gasteiger partial charge in [0.15, 0.2) is 0 Å². The van der Waals surface area contributed by atoms with Crippen molar-refractivity contribution in [3.63, 3.8) is 0 Å². The van der Waals surface area contributed by atoms with Crippen molar-refractivity contribution in [2.45, 2.75) is 4.90 Å². The van der Waals surface area contributed by atoms with E-state index in [2.05, 4.69) is 5.48 Å². The van der Waals surface area contributed by atoms with Gasteiger partial charge in [-0.05, 0) is 36.4 Å². The Hall–Kier alpha value is -2.25. The third kappa shape index (κ3) is 3.19. The van der Waals surface area contributed by atoms with E-state index in [1.165, 1.54) is 31.4 Å². The highest BCUT2D eigenvalue weighted by atomic mass is 32.2. The van der Waals surface area contributed by atoms with Crippen LogP contribution in [-0.4, -0.2) is 15.5 Å². The zero-order chi connectivity index (χ0) is 14.6. The minimum absolute atomic E-state index is 0.00842. The van der Waals surface area contributed by atoms with Crippen LogP contribution in [0.15, 0.2) is 53.4 Å². The van der Waals surface area contributed by atoms with Gasteiger partial charge in [0.05, 0.1) is 12.0 Å². The lowest BCUT2D eigenvalue weighted by molar-refractivity contribution is 0.378. The molecular weight excluding hydrogens is 280 g/mol. The molecule has 2 aromatic rings. The fourth-order valence-electron chi connectivity index (χ4n) is 1.51. The number of nitrogens with one attached hydrogen (secondary N) is 1. The molecule has 0 atom stereocenters. The maximum Gasteiger partial charge on any atom is 0.317 e. The van der Waals surface area contributed by atoms with E-state index < -0.39 is 10.1 Å². The summed E-state index contributed by atoms with van der Waals surface area (Å²) in [6, 6.07) is 12.5. The molecule has 0 saturated heterocycles. The van der Waals surface area contributed by atoms with E-state index in [1.54, 1.807) is 24.3 Å². The van der Waals surface area contributed by atoms with Crippen LogP contribution in [0, 0.1) is 0 Å². The van der Waals surface area contributed by atoms with Crippen molar-refractivity contribution in [2.75, 3.05) is 18.3 Å². The summed E-state index contributed by atoms with van der Waals surface area (Å²) in [6.07, 6.45) is 0. The van der Waals surface area contributed by atoms with Crippen LogP contribution in [0.4, 0.5) is 11.4 Å². The lowest BCUT2D eigenvalue weighted by Gasteiger charge is -2.10. The van der Waals surface area contributed by atoms with Crippen molar-refractivity contribution in [3.8, 4) is 5.75 Å². The van der Waals surface area contributed by atoms with E-state index >= 15 is 0 Å². The summed E-state index contributed by atoms with van der Waals surface area (Å²) in [5.74, 6) is 0.472. The van der Waals surface area contributed by atoms with Crippen LogP contribution in [0.2, 0.25) is 0 Å². The Morgan fingerprint density at radius 2 is 1.70 bits per heavy atom. The molecule has 3 N–H and O–H groups in total. The Balaban J connectivity index is 2.15. The molecule has 0 spiro atoms. The molecule has 0 aliphatic rings. The summed E-state index contributed by atoms with van der Waals surface area (Å²) in [7, 11) is -2.44. The molecule has 0 heterocycles. The van der Waals surface area contributed by atoms with Gasteiger partial charge in [-0.15, -0.1) is 4.28 Å². The number of anilines is 2. The third-order valence-corrected chi connectivity index (χ3v) is 3.69. The van der Waals surface area contributed by atoms with Gasteiger partial charge in [-0.1, -0.05) is 12.1 Å². The van der Waals surface area contributed by atoms with Crippen molar-refractivity contribution in [1.82, 2.24) is 0 Å². The van der Waals surface area contributed by atoms with Crippen LogP contribution >= 0.6 is 0 Å². The van der Waals surface area contributed by atoms with Gasteiger partial charge in [0.1, 0.15) is 11.4 Å². The molecule has 0 radical (unpaired) electrons. The van der Waals surface area contributed by atoms with Crippen molar-refractivity contribution in [2.24, 2.45) is 0 Å². The lowest BCUT2D eigenvalue weighted by Crippen LogP contribution is -2.12. The molecule has 7 heteroatoms. The van der Waals surface area contributed by atoms with Crippen LogP contribution in [0.1, 0.15) is 0 Å². The van der Waals surface area contributed by atoms with E-state index in [0.717, 1.165) is 0 Å². The molecule has 0 aliphatic carbocycles. The van der Waals surface area contributed by atoms with Crippen LogP contribution in [0.3, 0.4) is 0 Å². The lowest BCUT2D eigenvalue weighted by atomic mass is 10.3. The number of hydrogen-bond acceptors (Lipinski definition) is 6. The van der Waals surface area contributed by atoms with Crippen molar-refractivity contribution >= 4 is 21.5 Å². The zero-order valence-corrected chi connectivity index (χ0v) is 11.6. The number of hydrogen-bond donors (Lipinski definition) is 2. The van der Waals surface area contributed by atoms with E-state index in [9.17, 15) is 8.42 Å². The quantitative estimate of drug-likeness (QED) is 0.647. The monoisotopic (exact) mass is 294 g/mol. The fraction of sp³-hybridized carbons (Fsp3) is 0.0769. The summed E-state index contributed by atoms with van der Waals surface area (Å²) in [4.78, 5) is 0.00842. The van der Waals surface area contributed by atoms with Gasteiger partial charge in [0.25, 0.3) is 0 Å². The Morgan fingerprint density at radius 1 is 1.05 bits per heavy atom. The highest BCUT2D eigenvalue weighted by Gasteiger charge is 2.16. The highest BCUT2D eigenvalue weighted by Crippen LogP contribution is 2.24. The maximum absolute atomic E-state index is 12.0. The van der Waals surface area contributed by atoms with Gasteiger partial charge in [-0.25, -0.2) is 5.48 Å². The maximum atomic E-state index is 12.0. The molecule has 2 aromatic carbocycles. The largest absolute Gasteiger partial charge is 0.495 e. The Kier molecular flexibility index (Phi) is 4.11. The van der Waals surface area contributed by atoms with Gasteiger partial charge in [-0.3, -0.25) is 0 Å². The van der Waals surface area contributed by atoms with Crippen LogP contribution in [0.25, 0.3) is 0 Å². The molecule has 20 heavy (non-hydrogen) atoms. The Morgan fingerprint density at radius 3 is 2.35 bits per heavy atom. The average Bonchev–Trinajstić information content (AvgIpc) is 2.46. The fourth-order valence-corrected chi connectivity index (χ4v) is 2.28. The normalized spacial score (nSPS) is 11.1. The smallest absolute Gasteiger partial charge is 0.317 e. The number of rotatable bonds is 5. The summed E-state index contributed by atoms with van der Waals surface area (Å²) in [5, 5.41) is 0. The number of nitrogen functional groups attached to an aromatic ring is 1. The molecule has 0 aliphatic heterocycles. The van der Waals surface area contributed by atoms with Gasteiger partial charge >= 0.3 is 10.1 Å². The second-order valence-electron chi connectivity index (χ2n) is 3.91. The SMILES string of the molecule is COc1ccccc1NOS(=O)(=O)c1ccc(N)cc1. The average molecular weight is 294 g/mol. The Labute approximate surface area is 117 Å². The van der Waals surface area contributed by atoms with E-state index in [-0.39, 0.29) is 4.90 Å². The molecule has 0 unspecified atom stereocenters. The number of para-hydroxylation sites is 2. The minimum atomic E-state index is -3.92. The first-order chi connectivity index (χ1) is 9.53. The van der Waals surface area contributed by atoms with Crippen molar-refractivity contribution < 1.29 is 17.4 Å². The first-order valence-corrected chi connectivity index (χ1v) is 7.12. The summed E-state index contributed by atoms with van der Waals surface area (Å²) >= 11 is 0. The van der Waals surface area contributed by atoms with E-state index in [4.69, 9.17) is 14.8 Å². The summed E-state index contributed by atoms with van der Waals surface area (Å²) in [6.45, 7) is 0. The molecule has 6 nitrogen and oxygen atoms in total. The number of methoxy groups -OCH3 is 1. The first kappa shape index (κ1) is 14.2. The molecule has 0 bridgehead atoms. The standard InChI is InChI=1S/C13H14N2O4S/c1-18-13-5-3-2-4-12(13)15-19-20(16,17)11-8-6-10(14)7-9-11/h2-9,15H,14H2,1H3. The summed E-state index contributed by atoms with van der Waals surface area (Å²) < 4.78 is 33.8. The van der Waals surface area contributed by atoms with Crippen molar-refractivity contribution in [1.29, 1.82) is 0 Å². The molecular formula is C13H14N2O4S. The van der Waals surface area contributed by atoms with Crippen LogP contribution in [0.5, 0.6) is 5.75 Å². The van der Waals surface area contributed by atoms with Gasteiger partial charge < -0.3 is 10.5 Å². The first-order valence-electron chi connectivity index (χ1n) is 5.71. The van der Waals surface area contributed by atoms with Crippen LogP contribution in [-0.2, 0) is 14.4 Å².